The highest BCUT2D eigenvalue weighted by Crippen LogP contribution is 2.31. The van der Waals surface area contributed by atoms with E-state index in [1.54, 1.807) is 11.8 Å². The summed E-state index contributed by atoms with van der Waals surface area (Å²) in [6.07, 6.45) is 6.65. The van der Waals surface area contributed by atoms with Crippen molar-refractivity contribution in [3.05, 3.63) is 70.5 Å². The number of carbonyl (C=O) groups is 1. The molecule has 1 N–H and O–H groups in total. The van der Waals surface area contributed by atoms with E-state index in [1.165, 1.54) is 31.2 Å². The molecule has 0 saturated heterocycles. The van der Waals surface area contributed by atoms with E-state index >= 15 is 0 Å². The maximum atomic E-state index is 12.7. The van der Waals surface area contributed by atoms with Gasteiger partial charge in [0.2, 0.25) is 5.91 Å². The zero-order valence-corrected chi connectivity index (χ0v) is 20.8. The molecule has 1 aromatic heterocycles. The predicted molar refractivity (Wildman–Crippen MR) is 135 cm³/mol. The van der Waals surface area contributed by atoms with E-state index < -0.39 is 0 Å². The molecule has 1 heterocycles. The van der Waals surface area contributed by atoms with Crippen LogP contribution in [0.4, 0.5) is 0 Å². The summed E-state index contributed by atoms with van der Waals surface area (Å²) in [6.45, 7) is 4.02. The predicted octanol–water partition coefficient (Wildman–Crippen LogP) is 6.67. The number of aryl methyl sites for hydroxylation is 1. The summed E-state index contributed by atoms with van der Waals surface area (Å²) in [7, 11) is 0. The first-order valence-electron chi connectivity index (χ1n) is 11.7. The summed E-state index contributed by atoms with van der Waals surface area (Å²) in [6, 6.07) is 15.9. The van der Waals surface area contributed by atoms with Crippen LogP contribution in [0.2, 0.25) is 5.02 Å². The van der Waals surface area contributed by atoms with Crippen LogP contribution in [0.3, 0.4) is 0 Å². The Hall–Kier alpha value is -2.31. The molecule has 1 fully saturated rings. The monoisotopic (exact) mass is 482 g/mol. The summed E-state index contributed by atoms with van der Waals surface area (Å²) in [4.78, 5) is 12.7. The molecule has 0 spiro atoms. The van der Waals surface area contributed by atoms with Crippen LogP contribution in [-0.2, 0) is 10.5 Å². The van der Waals surface area contributed by atoms with E-state index in [0.29, 0.717) is 23.2 Å². The molecule has 1 saturated carbocycles. The van der Waals surface area contributed by atoms with Crippen LogP contribution in [0, 0.1) is 12.8 Å². The van der Waals surface area contributed by atoms with E-state index in [4.69, 9.17) is 11.6 Å². The van der Waals surface area contributed by atoms with Crippen LogP contribution in [0.15, 0.2) is 53.7 Å². The van der Waals surface area contributed by atoms with E-state index in [1.807, 2.05) is 54.8 Å². The van der Waals surface area contributed by atoms with Gasteiger partial charge in [-0.1, -0.05) is 85.4 Å². The fourth-order valence-corrected chi connectivity index (χ4v) is 5.51. The second kappa shape index (κ2) is 11.2. The minimum Gasteiger partial charge on any atom is -0.346 e. The summed E-state index contributed by atoms with van der Waals surface area (Å²) < 4.78 is 2.04. The molecule has 4 rings (SSSR count). The number of benzene rings is 2. The van der Waals surface area contributed by atoms with Crippen molar-refractivity contribution >= 4 is 29.3 Å². The molecule has 7 heteroatoms. The first kappa shape index (κ1) is 23.8. The number of amides is 1. The van der Waals surface area contributed by atoms with Crippen molar-refractivity contribution in [1.29, 1.82) is 0 Å². The summed E-state index contributed by atoms with van der Waals surface area (Å²) in [5, 5.41) is 13.6. The van der Waals surface area contributed by atoms with Crippen LogP contribution in [0.1, 0.15) is 68.4 Å². The number of hydrogen-bond donors (Lipinski definition) is 1. The molecular weight excluding hydrogens is 452 g/mol. The molecule has 5 nitrogen and oxygen atoms in total. The van der Waals surface area contributed by atoms with Gasteiger partial charge in [0.15, 0.2) is 11.0 Å². The number of thioether (sulfide) groups is 1. The molecule has 1 unspecified atom stereocenters. The highest BCUT2D eigenvalue weighted by atomic mass is 35.5. The van der Waals surface area contributed by atoms with E-state index in [0.717, 1.165) is 28.6 Å². The van der Waals surface area contributed by atoms with Crippen LogP contribution in [0.5, 0.6) is 0 Å². The van der Waals surface area contributed by atoms with Crippen LogP contribution < -0.4 is 5.32 Å². The van der Waals surface area contributed by atoms with Gasteiger partial charge in [0, 0.05) is 17.2 Å². The van der Waals surface area contributed by atoms with Crippen molar-refractivity contribution in [3.8, 4) is 5.69 Å². The van der Waals surface area contributed by atoms with E-state index in [-0.39, 0.29) is 11.9 Å². The number of rotatable bonds is 9. The van der Waals surface area contributed by atoms with Crippen LogP contribution in [0.25, 0.3) is 5.69 Å². The highest BCUT2D eigenvalue weighted by molar-refractivity contribution is 7.98. The Labute approximate surface area is 205 Å². The van der Waals surface area contributed by atoms with Gasteiger partial charge in [-0.25, -0.2) is 0 Å². The Balaban J connectivity index is 1.55. The summed E-state index contributed by atoms with van der Waals surface area (Å²) in [5.41, 5.74) is 3.22. The third-order valence-electron chi connectivity index (χ3n) is 6.30. The van der Waals surface area contributed by atoms with Crippen molar-refractivity contribution in [2.24, 2.45) is 5.92 Å². The van der Waals surface area contributed by atoms with Crippen molar-refractivity contribution in [3.63, 3.8) is 0 Å². The molecule has 3 aromatic rings. The van der Waals surface area contributed by atoms with Crippen molar-refractivity contribution in [2.45, 2.75) is 69.3 Å². The second-order valence-electron chi connectivity index (χ2n) is 8.86. The third kappa shape index (κ3) is 6.18. The lowest BCUT2D eigenvalue weighted by Crippen LogP contribution is -2.28. The van der Waals surface area contributed by atoms with Gasteiger partial charge in [0.1, 0.15) is 0 Å². The normalized spacial score (nSPS) is 15.0. The smallest absolute Gasteiger partial charge is 0.220 e. The molecule has 0 radical (unpaired) electrons. The number of carbonyl (C=O) groups excluding carboxylic acids is 1. The summed E-state index contributed by atoms with van der Waals surface area (Å²) in [5.74, 6) is 2.26. The number of nitrogens with one attached hydrogen (secondary N) is 1. The Bertz CT molecular complexity index is 1080. The lowest BCUT2D eigenvalue weighted by atomic mass is 10.0. The van der Waals surface area contributed by atoms with Crippen molar-refractivity contribution in [1.82, 2.24) is 20.1 Å². The van der Waals surface area contributed by atoms with Crippen LogP contribution >= 0.6 is 23.4 Å². The molecule has 1 amide bonds. The molecule has 2 aromatic carbocycles. The molecule has 1 aliphatic carbocycles. The lowest BCUT2D eigenvalue weighted by Gasteiger charge is -2.18. The SMILES string of the molecule is Cc1ccc(Cl)cc1-n1c(SCc2ccccc2)nnc1C(C)NC(=O)CCC1CCCC1. The molecule has 1 aliphatic rings. The standard InChI is InChI=1S/C26H31ClN4OS/c1-18-12-14-22(27)16-23(18)31-25(19(2)28-24(32)15-13-20-8-6-7-9-20)29-30-26(31)33-17-21-10-4-3-5-11-21/h3-5,10-12,14,16,19-20H,6-9,13,15,17H2,1-2H3,(H,28,32). The fraction of sp³-hybridized carbons (Fsp3) is 0.423. The minimum absolute atomic E-state index is 0.0743. The molecule has 174 valence electrons. The zero-order chi connectivity index (χ0) is 23.2. The van der Waals surface area contributed by atoms with Gasteiger partial charge in [-0.05, 0) is 49.4 Å². The lowest BCUT2D eigenvalue weighted by molar-refractivity contribution is -0.122. The number of nitrogens with zero attached hydrogens (tertiary/aromatic N) is 3. The van der Waals surface area contributed by atoms with Gasteiger partial charge in [0.05, 0.1) is 11.7 Å². The fourth-order valence-electron chi connectivity index (χ4n) is 4.44. The van der Waals surface area contributed by atoms with Gasteiger partial charge in [-0.15, -0.1) is 10.2 Å². The average molecular weight is 483 g/mol. The topological polar surface area (TPSA) is 59.8 Å². The Morgan fingerprint density at radius 3 is 2.70 bits per heavy atom. The van der Waals surface area contributed by atoms with Gasteiger partial charge in [-0.3, -0.25) is 9.36 Å². The Morgan fingerprint density at radius 1 is 1.18 bits per heavy atom. The van der Waals surface area contributed by atoms with Gasteiger partial charge in [0.25, 0.3) is 0 Å². The first-order valence-corrected chi connectivity index (χ1v) is 13.1. The van der Waals surface area contributed by atoms with E-state index in [2.05, 4.69) is 27.6 Å². The summed E-state index contributed by atoms with van der Waals surface area (Å²) >= 11 is 7.98. The number of halogens is 1. The second-order valence-corrected chi connectivity index (χ2v) is 10.2. The maximum absolute atomic E-state index is 12.7. The molecule has 1 atom stereocenters. The number of hydrogen-bond acceptors (Lipinski definition) is 4. The number of aromatic nitrogens is 3. The van der Waals surface area contributed by atoms with Gasteiger partial charge >= 0.3 is 0 Å². The van der Waals surface area contributed by atoms with Gasteiger partial charge < -0.3 is 5.32 Å². The van der Waals surface area contributed by atoms with Gasteiger partial charge in [-0.2, -0.15) is 0 Å². The van der Waals surface area contributed by atoms with Crippen LogP contribution in [-0.4, -0.2) is 20.7 Å². The average Bonchev–Trinajstić information content (AvgIpc) is 3.48. The quantitative estimate of drug-likeness (QED) is 0.346. The van der Waals surface area contributed by atoms with E-state index in [9.17, 15) is 4.79 Å². The first-order chi connectivity index (χ1) is 16.0. The molecule has 0 aliphatic heterocycles. The maximum Gasteiger partial charge on any atom is 0.220 e. The molecule has 0 bridgehead atoms. The zero-order valence-electron chi connectivity index (χ0n) is 19.3. The Kier molecular flexibility index (Phi) is 8.10. The minimum atomic E-state index is -0.266. The third-order valence-corrected chi connectivity index (χ3v) is 7.54. The van der Waals surface area contributed by atoms with Crippen molar-refractivity contribution < 1.29 is 4.79 Å². The Morgan fingerprint density at radius 2 is 1.94 bits per heavy atom. The molecule has 33 heavy (non-hydrogen) atoms. The highest BCUT2D eigenvalue weighted by Gasteiger charge is 2.23. The molecular formula is C26H31ClN4OS. The van der Waals surface area contributed by atoms with Crippen molar-refractivity contribution in [2.75, 3.05) is 0 Å². The largest absolute Gasteiger partial charge is 0.346 e.